The fraction of sp³-hybridized carbons (Fsp3) is 0.727. The van der Waals surface area contributed by atoms with Crippen LogP contribution in [0.5, 0.6) is 0 Å². The molecule has 0 bridgehead atoms. The Hall–Kier alpha value is -2.79. The van der Waals surface area contributed by atoms with Crippen LogP contribution in [0.4, 0.5) is 0 Å². The lowest BCUT2D eigenvalue weighted by atomic mass is 9.93. The Morgan fingerprint density at radius 1 is 0.479 bits per heavy atom. The molecule has 15 nitrogen and oxygen atoms in total. The molecule has 0 amide bonds. The minimum atomic E-state index is -1.02. The van der Waals surface area contributed by atoms with E-state index in [1.54, 1.807) is 20.8 Å². The number of carbonyl (C=O) groups is 6. The van der Waals surface area contributed by atoms with Crippen LogP contribution in [-0.4, -0.2) is 181 Å². The van der Waals surface area contributed by atoms with Gasteiger partial charge in [-0.05, 0) is 57.6 Å². The van der Waals surface area contributed by atoms with E-state index in [0.29, 0.717) is 13.2 Å². The molecule has 0 aliphatic heterocycles. The van der Waals surface area contributed by atoms with Gasteiger partial charge in [0, 0.05) is 130 Å². The van der Waals surface area contributed by atoms with E-state index < -0.39 is 61.9 Å². The Kier molecular flexibility index (Phi) is 39.8. The molecule has 1 aromatic carbocycles. The second kappa shape index (κ2) is 37.9. The number of hydrogen-bond acceptors (Lipinski definition) is 15. The van der Waals surface area contributed by atoms with Crippen LogP contribution in [0, 0.1) is 38.5 Å². The number of benzene rings is 1. The molecular weight excluding hydrogens is 994 g/mol. The summed E-state index contributed by atoms with van der Waals surface area (Å²) in [4.78, 5) is 69.7. The zero-order valence-corrected chi connectivity index (χ0v) is 52.0. The largest absolute Gasteiger partial charge is 0.465 e. The van der Waals surface area contributed by atoms with Gasteiger partial charge in [-0.2, -0.15) is 0 Å². The molecule has 0 aromatic heterocycles. The third-order valence-corrected chi connectivity index (χ3v) is 18.6. The van der Waals surface area contributed by atoms with E-state index in [1.165, 1.54) is 85.9 Å². The Bertz CT molecular complexity index is 1660. The second-order valence-electron chi connectivity index (χ2n) is 21.9. The number of methoxy groups -OCH3 is 3. The molecule has 0 radical (unpaired) electrons. The maximum absolute atomic E-state index is 12.6. The summed E-state index contributed by atoms with van der Waals surface area (Å²) >= 11 is 0. The van der Waals surface area contributed by atoms with Crippen molar-refractivity contribution in [3.63, 3.8) is 0 Å². The first kappa shape index (κ1) is 76.7. The van der Waals surface area contributed by atoms with Crippen molar-refractivity contribution in [3.05, 3.63) is 57.7 Å². The Morgan fingerprint density at radius 2 is 0.795 bits per heavy atom. The van der Waals surface area contributed by atoms with Crippen LogP contribution in [0.3, 0.4) is 0 Å². The highest BCUT2D eigenvalue weighted by Gasteiger charge is 2.40. The molecule has 3 unspecified atom stereocenters. The van der Waals surface area contributed by atoms with Gasteiger partial charge in [0.25, 0.3) is 0 Å². The lowest BCUT2D eigenvalue weighted by molar-refractivity contribution is -0.168. The van der Waals surface area contributed by atoms with Gasteiger partial charge in [0.1, 0.15) is 42.7 Å². The third-order valence-electron chi connectivity index (χ3n) is 11.6. The molecule has 1 aromatic rings. The first-order valence-corrected chi connectivity index (χ1v) is 33.8. The maximum atomic E-state index is 12.6. The fourth-order valence-electron chi connectivity index (χ4n) is 7.42. The number of carbonyl (C=O) groups excluding carboxylic acids is 6. The Balaban J connectivity index is -0.000000496. The van der Waals surface area contributed by atoms with Gasteiger partial charge in [-0.1, -0.05) is 30.7 Å². The summed E-state index contributed by atoms with van der Waals surface area (Å²) in [5.41, 5.74) is 0.312. The van der Waals surface area contributed by atoms with Gasteiger partial charge in [0.05, 0.1) is 57.2 Å². The van der Waals surface area contributed by atoms with Crippen molar-refractivity contribution in [2.45, 2.75) is 105 Å². The molecule has 3 atom stereocenters. The first-order valence-electron chi connectivity index (χ1n) is 24.3. The van der Waals surface area contributed by atoms with E-state index in [2.05, 4.69) is 65.5 Å². The molecule has 428 valence electrons. The Morgan fingerprint density at radius 3 is 1.10 bits per heavy atom. The number of ether oxygens (including phenoxy) is 9. The quantitative estimate of drug-likeness (QED) is 0.0253. The van der Waals surface area contributed by atoms with Crippen LogP contribution in [0.25, 0.3) is 0 Å². The molecule has 1 aliphatic carbocycles. The van der Waals surface area contributed by atoms with Crippen molar-refractivity contribution in [2.75, 3.05) is 140 Å². The summed E-state index contributed by atoms with van der Waals surface area (Å²) in [5, 5.41) is 0. The normalized spacial score (nSPS) is 15.0. The molecule has 0 heterocycles. The highest BCUT2D eigenvalue weighted by molar-refractivity contribution is 7.74. The van der Waals surface area contributed by atoms with E-state index in [1.807, 2.05) is 12.1 Å². The fourth-order valence-corrected chi connectivity index (χ4v) is 12.7. The van der Waals surface area contributed by atoms with Gasteiger partial charge in [-0.15, -0.1) is 0 Å². The first-order chi connectivity index (χ1) is 32.4. The summed E-state index contributed by atoms with van der Waals surface area (Å²) in [5.74, 6) is -2.46. The molecule has 1 fully saturated rings. The highest BCUT2D eigenvalue weighted by Crippen LogP contribution is 2.62. The van der Waals surface area contributed by atoms with E-state index in [9.17, 15) is 28.8 Å². The van der Waals surface area contributed by atoms with Gasteiger partial charge < -0.3 is 64.9 Å². The highest BCUT2D eigenvalue weighted by atomic mass is 31.2. The van der Waals surface area contributed by atoms with Crippen molar-refractivity contribution in [1.82, 2.24) is 0 Å². The van der Waals surface area contributed by atoms with E-state index >= 15 is 0 Å². The standard InChI is InChI=1S/C24H38O5P.2C14H28O5P.3CH3/c1-19(25)29-18-24(2,17-27-3)23(26)28-15-20-11-13-21(14-12-20)16-30(4,5)22-9-7-6-8-10-22;2*1-12(15)19-11-14(2,10-17-3)13(16)18-8-7-9-20(4,5)6;;;/h11-14,22H,6-10,15-18H2,1-5H3;2*7-11H2,1-6H3;3*1H3/q3*+1;3*-1. The third kappa shape index (κ3) is 34.5. The van der Waals surface area contributed by atoms with Gasteiger partial charge in [0.2, 0.25) is 0 Å². The van der Waals surface area contributed by atoms with Crippen molar-refractivity contribution in [2.24, 2.45) is 16.2 Å². The molecule has 2 rings (SSSR count). The Labute approximate surface area is 446 Å². The second-order valence-corrected chi connectivity index (χ2v) is 36.6. The van der Waals surface area contributed by atoms with Crippen LogP contribution in [0.15, 0.2) is 24.3 Å². The minimum absolute atomic E-state index is 0. The maximum Gasteiger partial charge on any atom is 0.317 e. The smallest absolute Gasteiger partial charge is 0.317 e. The molecular formula is C55H103O15P3. The summed E-state index contributed by atoms with van der Waals surface area (Å²) in [6.45, 7) is 28.8. The predicted molar refractivity (Wildman–Crippen MR) is 305 cm³/mol. The van der Waals surface area contributed by atoms with Crippen LogP contribution < -0.4 is 0 Å². The van der Waals surface area contributed by atoms with E-state index in [4.69, 9.17) is 42.6 Å². The monoisotopic (exact) mass is 1100 g/mol. The molecule has 1 aliphatic rings. The lowest BCUT2D eigenvalue weighted by Gasteiger charge is -2.31. The molecule has 73 heavy (non-hydrogen) atoms. The molecule has 0 spiro atoms. The van der Waals surface area contributed by atoms with Gasteiger partial charge in [-0.3, -0.25) is 28.8 Å². The molecule has 18 heteroatoms. The van der Waals surface area contributed by atoms with Crippen LogP contribution in [0.1, 0.15) is 97.6 Å². The average molecular weight is 1100 g/mol. The van der Waals surface area contributed by atoms with Crippen molar-refractivity contribution < 1.29 is 71.4 Å². The summed E-state index contributed by atoms with van der Waals surface area (Å²) in [6.07, 6.45) is 12.0. The minimum Gasteiger partial charge on any atom is -0.465 e. The number of hydrogen-bond donors (Lipinski definition) is 0. The predicted octanol–water partition coefficient (Wildman–Crippen LogP) is 10.5. The SMILES string of the molecule is COCC(C)(COC(C)=O)C(=O)OCCC[P+](C)(C)C.COCC(C)(COC(C)=O)C(=O)OCCC[P+](C)(C)C.COCC(C)(COC(C)=O)C(=O)OCc1ccc(C[P+](C)(C)C2CCCCC2)cc1.[CH3-].[CH3-].[CH3-]. The van der Waals surface area contributed by atoms with Crippen LogP contribution >= 0.6 is 21.8 Å². The zero-order chi connectivity index (χ0) is 53.8. The van der Waals surface area contributed by atoms with Crippen LogP contribution in [-0.2, 0) is 84.2 Å². The van der Waals surface area contributed by atoms with Crippen molar-refractivity contribution >= 4 is 57.6 Å². The summed E-state index contributed by atoms with van der Waals surface area (Å²) < 4.78 is 46.2. The summed E-state index contributed by atoms with van der Waals surface area (Å²) in [6, 6.07) is 8.42. The van der Waals surface area contributed by atoms with Gasteiger partial charge in [-0.25, -0.2) is 0 Å². The number of esters is 6. The zero-order valence-electron chi connectivity index (χ0n) is 49.3. The average Bonchev–Trinajstić information content (AvgIpc) is 3.27. The van der Waals surface area contributed by atoms with Crippen molar-refractivity contribution in [1.29, 1.82) is 0 Å². The van der Waals surface area contributed by atoms with Crippen molar-refractivity contribution in [3.8, 4) is 0 Å². The van der Waals surface area contributed by atoms with E-state index in [-0.39, 0.29) is 80.5 Å². The van der Waals surface area contributed by atoms with Gasteiger partial charge >= 0.3 is 35.8 Å². The molecule has 1 saturated carbocycles. The van der Waals surface area contributed by atoms with E-state index in [0.717, 1.165) is 36.4 Å². The topological polar surface area (TPSA) is 185 Å². The van der Waals surface area contributed by atoms with Crippen LogP contribution in [0.2, 0.25) is 0 Å². The lowest BCUT2D eigenvalue weighted by Crippen LogP contribution is -2.39. The summed E-state index contributed by atoms with van der Waals surface area (Å²) in [7, 11) is 1.86. The number of rotatable bonds is 28. The van der Waals surface area contributed by atoms with Gasteiger partial charge in [0.15, 0.2) is 0 Å². The molecule has 0 N–H and O–H groups in total. The molecule has 0 saturated heterocycles.